The van der Waals surface area contributed by atoms with E-state index in [9.17, 15) is 0 Å². The van der Waals surface area contributed by atoms with Crippen molar-refractivity contribution in [3.63, 3.8) is 0 Å². The van der Waals surface area contributed by atoms with E-state index in [1.54, 1.807) is 0 Å². The van der Waals surface area contributed by atoms with Crippen molar-refractivity contribution in [3.05, 3.63) is 60.8 Å². The van der Waals surface area contributed by atoms with Crippen molar-refractivity contribution in [2.24, 2.45) is 0 Å². The molecule has 0 aliphatic rings. The SMILES string of the molecule is [c]1cccc2[nH]cc(-c3ccccc3)c12. The van der Waals surface area contributed by atoms with Crippen LogP contribution in [0.2, 0.25) is 0 Å². The Balaban J connectivity index is 2.28. The zero-order valence-electron chi connectivity index (χ0n) is 8.20. The van der Waals surface area contributed by atoms with E-state index in [1.165, 1.54) is 11.1 Å². The molecule has 0 unspecified atom stereocenters. The number of nitrogens with one attached hydrogen (secondary N) is 1. The standard InChI is InChI=1S/C14H10N/c1-2-6-11(7-3-1)13-10-15-14-9-5-4-8-12(13)14/h1-7,9-10,15H. The Morgan fingerprint density at radius 2 is 1.80 bits per heavy atom. The smallest absolute Gasteiger partial charge is 0.0466 e. The number of H-pyrrole nitrogens is 1. The molecule has 3 rings (SSSR count). The summed E-state index contributed by atoms with van der Waals surface area (Å²) < 4.78 is 0. The molecular formula is C14H10N. The Morgan fingerprint density at radius 1 is 0.933 bits per heavy atom. The summed E-state index contributed by atoms with van der Waals surface area (Å²) in [6, 6.07) is 19.6. The molecule has 2 aromatic carbocycles. The molecule has 0 saturated carbocycles. The van der Waals surface area contributed by atoms with E-state index < -0.39 is 0 Å². The number of benzene rings is 2. The Hall–Kier alpha value is -2.02. The van der Waals surface area contributed by atoms with E-state index in [2.05, 4.69) is 41.4 Å². The monoisotopic (exact) mass is 192 g/mol. The summed E-state index contributed by atoms with van der Waals surface area (Å²) in [5.41, 5.74) is 3.58. The van der Waals surface area contributed by atoms with Crippen molar-refractivity contribution < 1.29 is 0 Å². The Labute approximate surface area is 88.4 Å². The molecule has 15 heavy (non-hydrogen) atoms. The van der Waals surface area contributed by atoms with Crippen LogP contribution in [-0.4, -0.2) is 4.98 Å². The largest absolute Gasteiger partial charge is 0.361 e. The number of fused-ring (bicyclic) bond motifs is 1. The van der Waals surface area contributed by atoms with E-state index in [-0.39, 0.29) is 0 Å². The first-order valence-electron chi connectivity index (χ1n) is 4.98. The molecule has 0 aliphatic carbocycles. The first-order valence-corrected chi connectivity index (χ1v) is 4.98. The van der Waals surface area contributed by atoms with Crippen LogP contribution in [0.15, 0.2) is 54.7 Å². The Kier molecular flexibility index (Phi) is 1.82. The summed E-state index contributed by atoms with van der Waals surface area (Å²) in [5.74, 6) is 0. The zero-order valence-corrected chi connectivity index (χ0v) is 8.20. The normalized spacial score (nSPS) is 10.7. The van der Waals surface area contributed by atoms with Gasteiger partial charge in [-0.1, -0.05) is 42.5 Å². The molecule has 0 atom stereocenters. The summed E-state index contributed by atoms with van der Waals surface area (Å²) >= 11 is 0. The zero-order chi connectivity index (χ0) is 10.1. The molecule has 0 spiro atoms. The van der Waals surface area contributed by atoms with Gasteiger partial charge in [-0.15, -0.1) is 0 Å². The molecule has 0 bridgehead atoms. The van der Waals surface area contributed by atoms with Crippen LogP contribution < -0.4 is 0 Å². The molecule has 1 radical (unpaired) electrons. The minimum atomic E-state index is 1.14. The summed E-state index contributed by atoms with van der Waals surface area (Å²) in [7, 11) is 0. The van der Waals surface area contributed by atoms with Crippen molar-refractivity contribution in [2.75, 3.05) is 0 Å². The van der Waals surface area contributed by atoms with Crippen LogP contribution >= 0.6 is 0 Å². The van der Waals surface area contributed by atoms with Gasteiger partial charge in [-0.2, -0.15) is 0 Å². The van der Waals surface area contributed by atoms with Crippen molar-refractivity contribution in [1.29, 1.82) is 0 Å². The lowest BCUT2D eigenvalue weighted by atomic mass is 10.1. The lowest BCUT2D eigenvalue weighted by Crippen LogP contribution is -1.73. The second-order valence-corrected chi connectivity index (χ2v) is 3.53. The van der Waals surface area contributed by atoms with Crippen molar-refractivity contribution in [1.82, 2.24) is 4.98 Å². The van der Waals surface area contributed by atoms with Crippen LogP contribution in [0.1, 0.15) is 0 Å². The predicted molar refractivity (Wildman–Crippen MR) is 62.6 cm³/mol. The van der Waals surface area contributed by atoms with E-state index in [0.717, 1.165) is 10.9 Å². The number of hydrogen-bond acceptors (Lipinski definition) is 0. The molecule has 0 saturated heterocycles. The molecular weight excluding hydrogens is 182 g/mol. The fraction of sp³-hybridized carbons (Fsp3) is 0. The Bertz CT molecular complexity index is 578. The maximum atomic E-state index is 3.27. The highest BCUT2D eigenvalue weighted by Crippen LogP contribution is 2.27. The van der Waals surface area contributed by atoms with E-state index >= 15 is 0 Å². The summed E-state index contributed by atoms with van der Waals surface area (Å²) in [6.07, 6.45) is 2.04. The predicted octanol–water partition coefficient (Wildman–Crippen LogP) is 3.64. The summed E-state index contributed by atoms with van der Waals surface area (Å²) in [5, 5.41) is 1.16. The van der Waals surface area contributed by atoms with Gasteiger partial charge in [-0.3, -0.25) is 0 Å². The molecule has 1 N–H and O–H groups in total. The maximum Gasteiger partial charge on any atom is 0.0466 e. The summed E-state index contributed by atoms with van der Waals surface area (Å²) in [4.78, 5) is 3.26. The molecule has 71 valence electrons. The first kappa shape index (κ1) is 8.30. The van der Waals surface area contributed by atoms with Crippen LogP contribution in [-0.2, 0) is 0 Å². The van der Waals surface area contributed by atoms with Crippen LogP contribution in [0, 0.1) is 6.07 Å². The van der Waals surface area contributed by atoms with Crippen LogP contribution in [0.5, 0.6) is 0 Å². The van der Waals surface area contributed by atoms with Gasteiger partial charge in [-0.05, 0) is 17.7 Å². The van der Waals surface area contributed by atoms with Gasteiger partial charge in [0.15, 0.2) is 0 Å². The quantitative estimate of drug-likeness (QED) is 0.606. The van der Waals surface area contributed by atoms with Gasteiger partial charge in [-0.25, -0.2) is 0 Å². The molecule has 1 aromatic heterocycles. The molecule has 0 amide bonds. The van der Waals surface area contributed by atoms with Gasteiger partial charge >= 0.3 is 0 Å². The summed E-state index contributed by atoms with van der Waals surface area (Å²) in [6.45, 7) is 0. The van der Waals surface area contributed by atoms with Gasteiger partial charge in [0.2, 0.25) is 0 Å². The van der Waals surface area contributed by atoms with E-state index in [4.69, 9.17) is 0 Å². The number of rotatable bonds is 1. The van der Waals surface area contributed by atoms with E-state index in [0.29, 0.717) is 0 Å². The molecule has 3 aromatic rings. The van der Waals surface area contributed by atoms with Gasteiger partial charge in [0.25, 0.3) is 0 Å². The topological polar surface area (TPSA) is 15.8 Å². The number of hydrogen-bond donors (Lipinski definition) is 1. The van der Waals surface area contributed by atoms with Crippen molar-refractivity contribution >= 4 is 10.9 Å². The first-order chi connectivity index (χ1) is 7.45. The Morgan fingerprint density at radius 3 is 2.67 bits per heavy atom. The number of aromatic nitrogens is 1. The highest BCUT2D eigenvalue weighted by atomic mass is 14.7. The minimum Gasteiger partial charge on any atom is -0.361 e. The molecule has 0 aliphatic heterocycles. The van der Waals surface area contributed by atoms with Gasteiger partial charge < -0.3 is 4.98 Å². The molecule has 1 heterocycles. The van der Waals surface area contributed by atoms with Crippen LogP contribution in [0.25, 0.3) is 22.0 Å². The molecule has 1 heteroatoms. The highest BCUT2D eigenvalue weighted by Gasteiger charge is 2.03. The average molecular weight is 192 g/mol. The average Bonchev–Trinajstić information content (AvgIpc) is 2.74. The number of aromatic amines is 1. The molecule has 1 nitrogen and oxygen atoms in total. The third-order valence-corrected chi connectivity index (χ3v) is 2.58. The lowest BCUT2D eigenvalue weighted by molar-refractivity contribution is 1.47. The van der Waals surface area contributed by atoms with Gasteiger partial charge in [0.1, 0.15) is 0 Å². The van der Waals surface area contributed by atoms with Crippen molar-refractivity contribution in [2.45, 2.75) is 0 Å². The van der Waals surface area contributed by atoms with Crippen LogP contribution in [0.4, 0.5) is 0 Å². The molecule has 0 fully saturated rings. The maximum absolute atomic E-state index is 3.27. The third kappa shape index (κ3) is 1.33. The highest BCUT2D eigenvalue weighted by molar-refractivity contribution is 5.94. The van der Waals surface area contributed by atoms with Gasteiger partial charge in [0.05, 0.1) is 0 Å². The minimum absolute atomic E-state index is 1.14. The second kappa shape index (κ2) is 3.28. The lowest BCUT2D eigenvalue weighted by Gasteiger charge is -1.97. The van der Waals surface area contributed by atoms with Crippen molar-refractivity contribution in [3.8, 4) is 11.1 Å². The van der Waals surface area contributed by atoms with E-state index in [1.807, 2.05) is 24.4 Å². The van der Waals surface area contributed by atoms with Gasteiger partial charge in [0, 0.05) is 22.7 Å². The fourth-order valence-electron chi connectivity index (χ4n) is 1.85. The third-order valence-electron chi connectivity index (χ3n) is 2.58. The fourth-order valence-corrected chi connectivity index (χ4v) is 1.85. The van der Waals surface area contributed by atoms with Crippen LogP contribution in [0.3, 0.4) is 0 Å². The second-order valence-electron chi connectivity index (χ2n) is 3.53.